The molecule has 1 heterocycles. The first-order chi connectivity index (χ1) is 7.65. The zero-order valence-corrected chi connectivity index (χ0v) is 12.6. The van der Waals surface area contributed by atoms with E-state index in [1.165, 1.54) is 0 Å². The molecule has 0 fully saturated rings. The lowest BCUT2D eigenvalue weighted by atomic mass is 9.89. The van der Waals surface area contributed by atoms with E-state index < -0.39 is 0 Å². The molecular weight excluding hydrogens is 210 g/mol. The van der Waals surface area contributed by atoms with Crippen LogP contribution in [0.5, 0.6) is 0 Å². The van der Waals surface area contributed by atoms with Crippen molar-refractivity contribution in [3.63, 3.8) is 0 Å². The smallest absolute Gasteiger partial charge is 0.124 e. The van der Waals surface area contributed by atoms with E-state index in [0.29, 0.717) is 11.6 Å². The van der Waals surface area contributed by atoms with Crippen molar-refractivity contribution in [2.75, 3.05) is 13.1 Å². The van der Waals surface area contributed by atoms with Crippen LogP contribution >= 0.6 is 0 Å². The maximum atomic E-state index is 4.57. The number of rotatable bonds is 3. The summed E-state index contributed by atoms with van der Waals surface area (Å²) in [5.41, 5.74) is 0.522. The van der Waals surface area contributed by atoms with Gasteiger partial charge in [-0.2, -0.15) is 5.10 Å². The molecule has 0 aliphatic carbocycles. The summed E-state index contributed by atoms with van der Waals surface area (Å²) in [6.45, 7) is 18.0. The Bertz CT molecular complexity index is 270. The lowest BCUT2D eigenvalue weighted by Gasteiger charge is -2.41. The van der Waals surface area contributed by atoms with Crippen LogP contribution < -0.4 is 0 Å². The highest BCUT2D eigenvalue weighted by Gasteiger charge is 2.38. The lowest BCUT2D eigenvalue weighted by Crippen LogP contribution is -2.50. The summed E-state index contributed by atoms with van der Waals surface area (Å²) in [6.07, 6.45) is 3.56. The van der Waals surface area contributed by atoms with Crippen LogP contribution in [-0.2, 0) is 0 Å². The molecule has 0 saturated carbocycles. The fraction of sp³-hybridized carbons (Fsp3) is 0.929. The Balaban J connectivity index is 2.81. The molecule has 0 aromatic rings. The predicted octanol–water partition coefficient (Wildman–Crippen LogP) is 3.38. The SMILES string of the molecule is CCCN1N=CN(CC(C)(C)C)C1C(C)(C)C. The minimum atomic E-state index is 0.219. The van der Waals surface area contributed by atoms with Crippen LogP contribution in [0.1, 0.15) is 54.9 Å². The zero-order valence-electron chi connectivity index (χ0n) is 12.6. The fourth-order valence-electron chi connectivity index (χ4n) is 2.46. The first-order valence-corrected chi connectivity index (χ1v) is 6.71. The van der Waals surface area contributed by atoms with Crippen LogP contribution in [-0.4, -0.2) is 35.5 Å². The lowest BCUT2D eigenvalue weighted by molar-refractivity contribution is 0.0236. The average Bonchev–Trinajstić information content (AvgIpc) is 2.44. The molecule has 1 rings (SSSR count). The normalized spacial score (nSPS) is 21.5. The molecule has 0 amide bonds. The van der Waals surface area contributed by atoms with Gasteiger partial charge in [-0.1, -0.05) is 48.5 Å². The van der Waals surface area contributed by atoms with E-state index in [2.05, 4.69) is 63.5 Å². The van der Waals surface area contributed by atoms with E-state index in [9.17, 15) is 0 Å². The average molecular weight is 239 g/mol. The molecule has 0 radical (unpaired) electrons. The van der Waals surface area contributed by atoms with Gasteiger partial charge >= 0.3 is 0 Å². The predicted molar refractivity (Wildman–Crippen MR) is 74.9 cm³/mol. The third-order valence-corrected chi connectivity index (χ3v) is 2.83. The third-order valence-electron chi connectivity index (χ3n) is 2.83. The van der Waals surface area contributed by atoms with Crippen molar-refractivity contribution in [2.24, 2.45) is 15.9 Å². The minimum absolute atomic E-state index is 0.219. The molecule has 17 heavy (non-hydrogen) atoms. The van der Waals surface area contributed by atoms with Crippen molar-refractivity contribution < 1.29 is 0 Å². The molecule has 0 saturated heterocycles. The molecule has 100 valence electrons. The van der Waals surface area contributed by atoms with Crippen molar-refractivity contribution >= 4 is 6.34 Å². The molecule has 1 unspecified atom stereocenters. The van der Waals surface area contributed by atoms with Crippen LogP contribution in [0.2, 0.25) is 0 Å². The van der Waals surface area contributed by atoms with Crippen molar-refractivity contribution in [1.29, 1.82) is 0 Å². The number of hydrogen-bond acceptors (Lipinski definition) is 3. The number of hydrazone groups is 1. The summed E-state index contributed by atoms with van der Waals surface area (Å²) in [6, 6.07) is 0. The molecule has 1 atom stereocenters. The molecule has 3 nitrogen and oxygen atoms in total. The summed E-state index contributed by atoms with van der Waals surface area (Å²) < 4.78 is 0. The minimum Gasteiger partial charge on any atom is -0.338 e. The first kappa shape index (κ1) is 14.3. The monoisotopic (exact) mass is 239 g/mol. The molecule has 1 aliphatic heterocycles. The largest absolute Gasteiger partial charge is 0.338 e. The van der Waals surface area contributed by atoms with Crippen LogP contribution in [0.15, 0.2) is 5.10 Å². The Kier molecular flexibility index (Phi) is 4.11. The molecule has 3 heteroatoms. The van der Waals surface area contributed by atoms with E-state index in [1.807, 2.05) is 6.34 Å². The second-order valence-electron chi connectivity index (χ2n) is 7.37. The maximum Gasteiger partial charge on any atom is 0.124 e. The van der Waals surface area contributed by atoms with Gasteiger partial charge < -0.3 is 4.90 Å². The number of hydrogen-bond donors (Lipinski definition) is 0. The zero-order chi connectivity index (χ0) is 13.3. The topological polar surface area (TPSA) is 18.8 Å². The third kappa shape index (κ3) is 3.90. The summed E-state index contributed by atoms with van der Waals surface area (Å²) in [5.74, 6) is 0. The number of nitrogens with zero attached hydrogens (tertiary/aromatic N) is 3. The van der Waals surface area contributed by atoms with Crippen molar-refractivity contribution in [2.45, 2.75) is 61.1 Å². The van der Waals surface area contributed by atoms with Gasteiger partial charge in [0.25, 0.3) is 0 Å². The highest BCUT2D eigenvalue weighted by Crippen LogP contribution is 2.32. The second kappa shape index (κ2) is 4.87. The van der Waals surface area contributed by atoms with Crippen LogP contribution in [0.4, 0.5) is 0 Å². The standard InChI is InChI=1S/C14H29N3/c1-8-9-17-12(14(5,6)7)16(11-15-17)10-13(2,3)4/h11-12H,8-10H2,1-7H3. The summed E-state index contributed by atoms with van der Waals surface area (Å²) in [4.78, 5) is 2.40. The van der Waals surface area contributed by atoms with E-state index in [0.717, 1.165) is 19.5 Å². The van der Waals surface area contributed by atoms with Gasteiger partial charge in [-0.3, -0.25) is 5.01 Å². The van der Waals surface area contributed by atoms with Gasteiger partial charge in [-0.05, 0) is 11.8 Å². The molecule has 0 spiro atoms. The second-order valence-corrected chi connectivity index (χ2v) is 7.37. The highest BCUT2D eigenvalue weighted by molar-refractivity contribution is 5.57. The molecule has 1 aliphatic rings. The van der Waals surface area contributed by atoms with E-state index >= 15 is 0 Å². The van der Waals surface area contributed by atoms with Gasteiger partial charge in [0.1, 0.15) is 12.5 Å². The summed E-state index contributed by atoms with van der Waals surface area (Å²) in [5, 5.41) is 6.81. The van der Waals surface area contributed by atoms with Crippen LogP contribution in [0, 0.1) is 10.8 Å². The van der Waals surface area contributed by atoms with E-state index in [1.54, 1.807) is 0 Å². The Morgan fingerprint density at radius 2 is 1.71 bits per heavy atom. The van der Waals surface area contributed by atoms with Crippen molar-refractivity contribution in [3.8, 4) is 0 Å². The van der Waals surface area contributed by atoms with Gasteiger partial charge in [0.15, 0.2) is 0 Å². The van der Waals surface area contributed by atoms with Gasteiger partial charge in [0.2, 0.25) is 0 Å². The molecule has 0 N–H and O–H groups in total. The molecule has 0 aromatic heterocycles. The fourth-order valence-corrected chi connectivity index (χ4v) is 2.46. The molecule has 0 bridgehead atoms. The molecule has 0 aromatic carbocycles. The van der Waals surface area contributed by atoms with Crippen LogP contribution in [0.25, 0.3) is 0 Å². The Morgan fingerprint density at radius 1 is 1.12 bits per heavy atom. The van der Waals surface area contributed by atoms with Gasteiger partial charge in [0, 0.05) is 18.5 Å². The Morgan fingerprint density at radius 3 is 2.12 bits per heavy atom. The first-order valence-electron chi connectivity index (χ1n) is 6.71. The van der Waals surface area contributed by atoms with E-state index in [4.69, 9.17) is 0 Å². The summed E-state index contributed by atoms with van der Waals surface area (Å²) >= 11 is 0. The summed E-state index contributed by atoms with van der Waals surface area (Å²) in [7, 11) is 0. The van der Waals surface area contributed by atoms with Gasteiger partial charge in [-0.15, -0.1) is 0 Å². The van der Waals surface area contributed by atoms with Crippen molar-refractivity contribution in [1.82, 2.24) is 9.91 Å². The maximum absolute atomic E-state index is 4.57. The van der Waals surface area contributed by atoms with Gasteiger partial charge in [0.05, 0.1) is 0 Å². The van der Waals surface area contributed by atoms with Gasteiger partial charge in [-0.25, -0.2) is 0 Å². The van der Waals surface area contributed by atoms with E-state index in [-0.39, 0.29) is 5.41 Å². The Labute approximate surface area is 107 Å². The molecular formula is C14H29N3. The van der Waals surface area contributed by atoms with Crippen molar-refractivity contribution in [3.05, 3.63) is 0 Å². The van der Waals surface area contributed by atoms with Crippen LogP contribution in [0.3, 0.4) is 0 Å². The highest BCUT2D eigenvalue weighted by atomic mass is 15.6. The quantitative estimate of drug-likeness (QED) is 0.752. The Hall–Kier alpha value is -0.730.